The molecule has 4 N–H and O–H groups in total. The predicted molar refractivity (Wildman–Crippen MR) is 24.2 cm³/mol. The van der Waals surface area contributed by atoms with Gasteiger partial charge in [-0.2, -0.15) is 0 Å². The third kappa shape index (κ3) is 3.68. The van der Waals surface area contributed by atoms with Crippen molar-refractivity contribution < 1.29 is 10.2 Å². The first-order chi connectivity index (χ1) is 3.31. The van der Waals surface area contributed by atoms with Crippen LogP contribution < -0.4 is 11.1 Å². The topological polar surface area (TPSA) is 76.3 Å². The van der Waals surface area contributed by atoms with Crippen LogP contribution in [0.15, 0.2) is 0 Å². The summed E-state index contributed by atoms with van der Waals surface area (Å²) >= 11 is 0. The Bertz CT molecular complexity index is 41.9. The second-order valence-electron chi connectivity index (χ2n) is 1.08. The molecular formula is C3H9N2O2. The van der Waals surface area contributed by atoms with E-state index in [1.807, 2.05) is 0 Å². The molecule has 0 amide bonds. The molecule has 0 saturated heterocycles. The lowest BCUT2D eigenvalue weighted by Crippen LogP contribution is -2.32. The largest absolute Gasteiger partial charge is 0.381 e. The summed E-state index contributed by atoms with van der Waals surface area (Å²) in [5, 5.41) is 18.6. The highest BCUT2D eigenvalue weighted by molar-refractivity contribution is 4.45. The molecule has 1 unspecified atom stereocenters. The summed E-state index contributed by atoms with van der Waals surface area (Å²) in [6.07, 6.45) is -0.884. The quantitative estimate of drug-likeness (QED) is 0.368. The van der Waals surface area contributed by atoms with Gasteiger partial charge < -0.3 is 10.2 Å². The summed E-state index contributed by atoms with van der Waals surface area (Å²) in [6.45, 7) is -0.402. The Morgan fingerprint density at radius 3 is 2.43 bits per heavy atom. The Kier molecular flexibility index (Phi) is 3.92. The fourth-order valence-corrected chi connectivity index (χ4v) is 0.178. The fourth-order valence-electron chi connectivity index (χ4n) is 0.178. The van der Waals surface area contributed by atoms with Gasteiger partial charge in [-0.05, 0) is 0 Å². The van der Waals surface area contributed by atoms with Crippen LogP contribution in [0.2, 0.25) is 0 Å². The highest BCUT2D eigenvalue weighted by Gasteiger charge is 1.93. The molecule has 0 aromatic heterocycles. The predicted octanol–water partition coefficient (Wildman–Crippen LogP) is -1.87. The molecule has 0 rings (SSSR count). The maximum atomic E-state index is 8.40. The second kappa shape index (κ2) is 4.01. The van der Waals surface area contributed by atoms with Gasteiger partial charge in [0.05, 0.1) is 6.73 Å². The summed E-state index contributed by atoms with van der Waals surface area (Å²) in [7, 11) is 0. The smallest absolute Gasteiger partial charge is 0.120 e. The van der Waals surface area contributed by atoms with Crippen LogP contribution in [0.3, 0.4) is 0 Å². The average Bonchev–Trinajstić information content (AvgIpc) is 1.68. The maximum absolute atomic E-state index is 8.40. The van der Waals surface area contributed by atoms with E-state index < -0.39 is 6.23 Å². The Balaban J connectivity index is 2.83. The normalized spacial score (nSPS) is 14.1. The highest BCUT2D eigenvalue weighted by Crippen LogP contribution is 1.65. The summed E-state index contributed by atoms with van der Waals surface area (Å²) in [5.74, 6) is 0. The van der Waals surface area contributed by atoms with E-state index in [-0.39, 0.29) is 13.3 Å². The molecule has 0 spiro atoms. The summed E-state index contributed by atoms with van der Waals surface area (Å²) < 4.78 is 0. The van der Waals surface area contributed by atoms with Gasteiger partial charge in [-0.1, -0.05) is 0 Å². The van der Waals surface area contributed by atoms with Crippen LogP contribution in [0.1, 0.15) is 0 Å². The van der Waals surface area contributed by atoms with Crippen LogP contribution in [0.4, 0.5) is 0 Å². The van der Waals surface area contributed by atoms with Crippen molar-refractivity contribution in [1.82, 2.24) is 11.1 Å². The number of aliphatic hydroxyl groups is 2. The Labute approximate surface area is 41.9 Å². The summed E-state index contributed by atoms with van der Waals surface area (Å²) in [5.41, 5.74) is 6.49. The molecule has 0 heterocycles. The third-order valence-corrected chi connectivity index (χ3v) is 0.520. The van der Waals surface area contributed by atoms with Gasteiger partial charge in [-0.15, -0.1) is 0 Å². The zero-order chi connectivity index (χ0) is 5.70. The van der Waals surface area contributed by atoms with Crippen molar-refractivity contribution in [3.8, 4) is 0 Å². The van der Waals surface area contributed by atoms with Crippen LogP contribution in [0.25, 0.3) is 0 Å². The molecule has 7 heavy (non-hydrogen) atoms. The van der Waals surface area contributed by atoms with Gasteiger partial charge in [-0.3, -0.25) is 11.1 Å². The first kappa shape index (κ1) is 6.84. The van der Waals surface area contributed by atoms with Crippen molar-refractivity contribution in [1.29, 1.82) is 0 Å². The van der Waals surface area contributed by atoms with E-state index in [1.165, 1.54) is 0 Å². The van der Waals surface area contributed by atoms with Crippen LogP contribution in [0, 0.1) is 0 Å². The van der Waals surface area contributed by atoms with Gasteiger partial charge in [0.2, 0.25) is 0 Å². The molecule has 0 fully saturated rings. The van der Waals surface area contributed by atoms with Crippen molar-refractivity contribution >= 4 is 0 Å². The van der Waals surface area contributed by atoms with Gasteiger partial charge in [0.1, 0.15) is 6.23 Å². The minimum absolute atomic E-state index is 0.124. The first-order valence-electron chi connectivity index (χ1n) is 1.98. The Hall–Kier alpha value is -0.160. The molecule has 0 bridgehead atoms. The van der Waals surface area contributed by atoms with E-state index in [1.54, 1.807) is 0 Å². The molecule has 43 valence electrons. The summed E-state index contributed by atoms with van der Waals surface area (Å²) in [6, 6.07) is 0. The molecule has 0 aliphatic rings. The van der Waals surface area contributed by atoms with Crippen LogP contribution in [-0.4, -0.2) is 29.7 Å². The van der Waals surface area contributed by atoms with Crippen molar-refractivity contribution in [3.05, 3.63) is 0 Å². The van der Waals surface area contributed by atoms with Crippen molar-refractivity contribution in [2.24, 2.45) is 0 Å². The van der Waals surface area contributed by atoms with Crippen molar-refractivity contribution in [2.45, 2.75) is 6.23 Å². The SMILES string of the molecule is [NH]CC(O)NCO. The number of rotatable bonds is 3. The highest BCUT2D eigenvalue weighted by atomic mass is 16.3. The monoisotopic (exact) mass is 105 g/mol. The average molecular weight is 105 g/mol. The van der Waals surface area contributed by atoms with Gasteiger partial charge in [0, 0.05) is 6.54 Å². The molecule has 4 heteroatoms. The second-order valence-corrected chi connectivity index (χ2v) is 1.08. The zero-order valence-electron chi connectivity index (χ0n) is 3.89. The molecule has 0 aromatic carbocycles. The number of hydrogen-bond donors (Lipinski definition) is 3. The lowest BCUT2D eigenvalue weighted by atomic mass is 10.6. The zero-order valence-corrected chi connectivity index (χ0v) is 3.89. The summed E-state index contributed by atoms with van der Waals surface area (Å²) in [4.78, 5) is 0. The molecule has 0 saturated carbocycles. The van der Waals surface area contributed by atoms with E-state index in [4.69, 9.17) is 15.9 Å². The third-order valence-electron chi connectivity index (χ3n) is 0.520. The molecular weight excluding hydrogens is 96.0 g/mol. The fraction of sp³-hybridized carbons (Fsp3) is 1.00. The van der Waals surface area contributed by atoms with Gasteiger partial charge in [-0.25, -0.2) is 0 Å². The van der Waals surface area contributed by atoms with Crippen LogP contribution in [-0.2, 0) is 0 Å². The standard InChI is InChI=1S/C3H9N2O2/c4-1-3(7)5-2-6/h3-7H,1-2H2. The first-order valence-corrected chi connectivity index (χ1v) is 1.98. The lowest BCUT2D eigenvalue weighted by molar-refractivity contribution is 0.103. The van der Waals surface area contributed by atoms with Crippen molar-refractivity contribution in [2.75, 3.05) is 13.3 Å². The van der Waals surface area contributed by atoms with Crippen LogP contribution in [0.5, 0.6) is 0 Å². The molecule has 0 aromatic rings. The van der Waals surface area contributed by atoms with E-state index in [9.17, 15) is 0 Å². The Morgan fingerprint density at radius 2 is 2.29 bits per heavy atom. The van der Waals surface area contributed by atoms with E-state index in [0.717, 1.165) is 0 Å². The minimum Gasteiger partial charge on any atom is -0.381 e. The number of hydrogen-bond acceptors (Lipinski definition) is 3. The lowest BCUT2D eigenvalue weighted by Gasteiger charge is -2.04. The molecule has 1 radical (unpaired) electrons. The Morgan fingerprint density at radius 1 is 1.71 bits per heavy atom. The molecule has 4 nitrogen and oxygen atoms in total. The van der Waals surface area contributed by atoms with E-state index >= 15 is 0 Å². The van der Waals surface area contributed by atoms with Gasteiger partial charge >= 0.3 is 0 Å². The van der Waals surface area contributed by atoms with Crippen molar-refractivity contribution in [3.63, 3.8) is 0 Å². The molecule has 1 atom stereocenters. The van der Waals surface area contributed by atoms with E-state index in [0.29, 0.717) is 0 Å². The number of aliphatic hydroxyl groups excluding tert-OH is 2. The van der Waals surface area contributed by atoms with Gasteiger partial charge in [0.15, 0.2) is 0 Å². The minimum atomic E-state index is -0.884. The van der Waals surface area contributed by atoms with E-state index in [2.05, 4.69) is 5.32 Å². The maximum Gasteiger partial charge on any atom is 0.120 e. The van der Waals surface area contributed by atoms with Gasteiger partial charge in [0.25, 0.3) is 0 Å². The molecule has 0 aliphatic carbocycles. The molecule has 0 aliphatic heterocycles. The van der Waals surface area contributed by atoms with Crippen LogP contribution >= 0.6 is 0 Å². The number of nitrogens with one attached hydrogen (secondary N) is 2.